The largest absolute Gasteiger partial charge is 0.495 e. The van der Waals surface area contributed by atoms with Crippen LogP contribution in [0.1, 0.15) is 0 Å². The van der Waals surface area contributed by atoms with Gasteiger partial charge in [-0.3, -0.25) is 4.68 Å². The fourth-order valence-corrected chi connectivity index (χ4v) is 3.13. The zero-order chi connectivity index (χ0) is 19.7. The van der Waals surface area contributed by atoms with Gasteiger partial charge in [0, 0.05) is 28.8 Å². The van der Waals surface area contributed by atoms with Crippen molar-refractivity contribution in [3.05, 3.63) is 55.0 Å². The van der Waals surface area contributed by atoms with E-state index in [0.717, 1.165) is 5.56 Å². The summed E-state index contributed by atoms with van der Waals surface area (Å²) in [6, 6.07) is 12.8. The molecule has 6 nitrogen and oxygen atoms in total. The molecule has 4 aromatic rings. The minimum Gasteiger partial charge on any atom is -0.495 e. The van der Waals surface area contributed by atoms with E-state index in [-0.39, 0.29) is 0 Å². The highest BCUT2D eigenvalue weighted by atomic mass is 19.3. The minimum atomic E-state index is -2.52. The average molecular weight is 381 g/mol. The number of anilines is 1. The van der Waals surface area contributed by atoms with Gasteiger partial charge >= 0.3 is 0 Å². The van der Waals surface area contributed by atoms with Crippen LogP contribution in [0.3, 0.4) is 0 Å². The van der Waals surface area contributed by atoms with Gasteiger partial charge in [0.25, 0.3) is 6.43 Å². The molecule has 0 atom stereocenters. The van der Waals surface area contributed by atoms with E-state index in [4.69, 9.17) is 10.5 Å². The molecular weight excluding hydrogens is 364 g/mol. The number of methoxy groups -OCH3 is 1. The van der Waals surface area contributed by atoms with Crippen LogP contribution in [0, 0.1) is 0 Å². The topological polar surface area (TPSA) is 78.9 Å². The van der Waals surface area contributed by atoms with Crippen LogP contribution in [0.4, 0.5) is 14.5 Å². The number of alkyl halides is 2. The van der Waals surface area contributed by atoms with Crippen molar-refractivity contribution in [2.75, 3.05) is 12.8 Å². The van der Waals surface area contributed by atoms with Crippen LogP contribution in [-0.2, 0) is 6.54 Å². The first kappa shape index (κ1) is 17.8. The Hall–Kier alpha value is -3.55. The molecule has 0 aliphatic rings. The molecule has 0 aliphatic carbocycles. The molecule has 0 spiro atoms. The number of nitrogen functional groups attached to an aromatic ring is 1. The molecule has 8 heteroatoms. The second-order valence-electron chi connectivity index (χ2n) is 6.20. The molecule has 0 aliphatic heterocycles. The molecule has 0 radical (unpaired) electrons. The van der Waals surface area contributed by atoms with Crippen LogP contribution < -0.4 is 10.5 Å². The summed E-state index contributed by atoms with van der Waals surface area (Å²) in [4.78, 5) is 8.68. The van der Waals surface area contributed by atoms with Gasteiger partial charge in [-0.25, -0.2) is 18.7 Å². The molecule has 2 heterocycles. The lowest BCUT2D eigenvalue weighted by Gasteiger charge is -2.09. The van der Waals surface area contributed by atoms with Crippen LogP contribution in [0.5, 0.6) is 5.75 Å². The molecule has 4 rings (SSSR count). The van der Waals surface area contributed by atoms with E-state index >= 15 is 0 Å². The number of hydrogen-bond acceptors (Lipinski definition) is 5. The molecule has 0 saturated heterocycles. The number of rotatable bonds is 5. The van der Waals surface area contributed by atoms with E-state index in [9.17, 15) is 8.78 Å². The van der Waals surface area contributed by atoms with Crippen molar-refractivity contribution in [1.29, 1.82) is 0 Å². The normalized spacial score (nSPS) is 11.3. The van der Waals surface area contributed by atoms with E-state index in [1.165, 1.54) is 18.1 Å². The van der Waals surface area contributed by atoms with E-state index < -0.39 is 13.0 Å². The van der Waals surface area contributed by atoms with Crippen molar-refractivity contribution in [3.8, 4) is 28.3 Å². The predicted molar refractivity (Wildman–Crippen MR) is 103 cm³/mol. The first-order valence-electron chi connectivity index (χ1n) is 8.56. The Morgan fingerprint density at radius 2 is 1.89 bits per heavy atom. The zero-order valence-electron chi connectivity index (χ0n) is 15.0. The van der Waals surface area contributed by atoms with Crippen molar-refractivity contribution in [2.45, 2.75) is 13.0 Å². The SMILES string of the molecule is COc1cc2ncnc(-c3cn(CC(F)F)nc3-c3ccccc3)c2cc1N. The number of halogens is 2. The molecule has 0 saturated carbocycles. The summed E-state index contributed by atoms with van der Waals surface area (Å²) in [5.41, 5.74) is 9.70. The van der Waals surface area contributed by atoms with Crippen LogP contribution in [0.15, 0.2) is 55.0 Å². The standard InChI is InChI=1S/C20H17F2N5O/c1-28-17-8-16-13(7-15(17)23)20(25-11-24-16)14-9-27(10-18(21)22)26-19(14)12-5-3-2-4-6-12/h2-9,11,18H,10,23H2,1H3. The quantitative estimate of drug-likeness (QED) is 0.528. The second kappa shape index (κ2) is 7.22. The van der Waals surface area contributed by atoms with E-state index in [1.807, 2.05) is 30.3 Å². The number of aromatic nitrogens is 4. The first-order chi connectivity index (χ1) is 13.6. The van der Waals surface area contributed by atoms with Gasteiger partial charge in [-0.15, -0.1) is 0 Å². The van der Waals surface area contributed by atoms with E-state index in [2.05, 4.69) is 15.1 Å². The van der Waals surface area contributed by atoms with Gasteiger partial charge in [-0.2, -0.15) is 5.10 Å². The van der Waals surface area contributed by atoms with Gasteiger partial charge in [0.05, 0.1) is 24.0 Å². The minimum absolute atomic E-state index is 0.437. The summed E-state index contributed by atoms with van der Waals surface area (Å²) < 4.78 is 32.4. The molecule has 0 unspecified atom stereocenters. The Bertz CT molecular complexity index is 1130. The van der Waals surface area contributed by atoms with Gasteiger partial charge in [0.2, 0.25) is 0 Å². The maximum atomic E-state index is 12.9. The third kappa shape index (κ3) is 3.24. The van der Waals surface area contributed by atoms with Crippen LogP contribution in [0.2, 0.25) is 0 Å². The third-order valence-corrected chi connectivity index (χ3v) is 4.38. The maximum absolute atomic E-state index is 12.9. The van der Waals surface area contributed by atoms with Crippen molar-refractivity contribution >= 4 is 16.6 Å². The lowest BCUT2D eigenvalue weighted by molar-refractivity contribution is 0.122. The third-order valence-electron chi connectivity index (χ3n) is 4.38. The van der Waals surface area contributed by atoms with Crippen LogP contribution >= 0.6 is 0 Å². The number of hydrogen-bond donors (Lipinski definition) is 1. The maximum Gasteiger partial charge on any atom is 0.257 e. The Balaban J connectivity index is 1.96. The number of nitrogens with zero attached hydrogens (tertiary/aromatic N) is 4. The fourth-order valence-electron chi connectivity index (χ4n) is 3.13. The fraction of sp³-hybridized carbons (Fsp3) is 0.150. The summed E-state index contributed by atoms with van der Waals surface area (Å²) in [5, 5.41) is 5.07. The zero-order valence-corrected chi connectivity index (χ0v) is 15.0. The van der Waals surface area contributed by atoms with Crippen LogP contribution in [0.25, 0.3) is 33.4 Å². The second-order valence-corrected chi connectivity index (χ2v) is 6.20. The highest BCUT2D eigenvalue weighted by Crippen LogP contribution is 2.36. The predicted octanol–water partition coefficient (Wildman–Crippen LogP) is 4.02. The van der Waals surface area contributed by atoms with Crippen molar-refractivity contribution in [2.24, 2.45) is 0 Å². The molecule has 2 aromatic carbocycles. The molecule has 2 aromatic heterocycles. The Labute approximate surface area is 159 Å². The lowest BCUT2D eigenvalue weighted by atomic mass is 10.0. The molecule has 142 valence electrons. The Kier molecular flexibility index (Phi) is 4.60. The Morgan fingerprint density at radius 3 is 2.61 bits per heavy atom. The van der Waals surface area contributed by atoms with Crippen molar-refractivity contribution < 1.29 is 13.5 Å². The molecule has 0 amide bonds. The average Bonchev–Trinajstić information content (AvgIpc) is 3.10. The summed E-state index contributed by atoms with van der Waals surface area (Å²) in [6.45, 7) is -0.501. The number of nitrogens with two attached hydrogens (primary N) is 1. The molecule has 0 bridgehead atoms. The van der Waals surface area contributed by atoms with Gasteiger partial charge in [-0.05, 0) is 6.07 Å². The molecule has 0 fully saturated rings. The van der Waals surface area contributed by atoms with Gasteiger partial charge in [-0.1, -0.05) is 30.3 Å². The van der Waals surface area contributed by atoms with Gasteiger partial charge in [0.15, 0.2) is 0 Å². The highest BCUT2D eigenvalue weighted by molar-refractivity contribution is 5.98. The number of fused-ring (bicyclic) bond motifs is 1. The molecular formula is C20H17F2N5O. The van der Waals surface area contributed by atoms with Crippen molar-refractivity contribution in [1.82, 2.24) is 19.7 Å². The summed E-state index contributed by atoms with van der Waals surface area (Å²) in [6.07, 6.45) is 0.488. The highest BCUT2D eigenvalue weighted by Gasteiger charge is 2.19. The molecule has 28 heavy (non-hydrogen) atoms. The Morgan fingerprint density at radius 1 is 1.11 bits per heavy atom. The first-order valence-corrected chi connectivity index (χ1v) is 8.56. The van der Waals surface area contributed by atoms with Gasteiger partial charge in [0.1, 0.15) is 24.3 Å². The summed E-state index contributed by atoms with van der Waals surface area (Å²) in [7, 11) is 1.53. The summed E-state index contributed by atoms with van der Waals surface area (Å²) >= 11 is 0. The molecule has 2 N–H and O–H groups in total. The number of ether oxygens (including phenoxy) is 1. The van der Waals surface area contributed by atoms with E-state index in [1.54, 1.807) is 18.3 Å². The number of benzene rings is 2. The lowest BCUT2D eigenvalue weighted by Crippen LogP contribution is -2.06. The van der Waals surface area contributed by atoms with Gasteiger partial charge < -0.3 is 10.5 Å². The van der Waals surface area contributed by atoms with E-state index in [0.29, 0.717) is 39.3 Å². The van der Waals surface area contributed by atoms with Crippen LogP contribution in [-0.4, -0.2) is 33.3 Å². The summed E-state index contributed by atoms with van der Waals surface area (Å²) in [5.74, 6) is 0.508. The monoisotopic (exact) mass is 381 g/mol. The van der Waals surface area contributed by atoms with Crippen molar-refractivity contribution in [3.63, 3.8) is 0 Å². The smallest absolute Gasteiger partial charge is 0.257 e.